The van der Waals surface area contributed by atoms with Crippen molar-refractivity contribution in [2.45, 2.75) is 26.7 Å². The van der Waals surface area contributed by atoms with Crippen LogP contribution in [0.25, 0.3) is 0 Å². The highest BCUT2D eigenvalue weighted by molar-refractivity contribution is 5.80. The molecule has 3 nitrogen and oxygen atoms in total. The van der Waals surface area contributed by atoms with Crippen molar-refractivity contribution < 1.29 is 14.3 Å². The fraction of sp³-hybridized carbons (Fsp3) is 0.909. The maximum Gasteiger partial charge on any atom is 0.136 e. The summed E-state index contributed by atoms with van der Waals surface area (Å²) in [6.45, 7) is 5.31. The zero-order valence-electron chi connectivity index (χ0n) is 9.71. The molecular formula is C11H22O3. The summed E-state index contributed by atoms with van der Waals surface area (Å²) in [7, 11) is 3.32. The Morgan fingerprint density at radius 1 is 1.21 bits per heavy atom. The Hall–Kier alpha value is -0.410. The van der Waals surface area contributed by atoms with Crippen LogP contribution in [-0.4, -0.2) is 33.2 Å². The molecule has 0 aliphatic rings. The monoisotopic (exact) mass is 202 g/mol. The van der Waals surface area contributed by atoms with E-state index in [1.54, 1.807) is 14.2 Å². The van der Waals surface area contributed by atoms with Crippen LogP contribution in [0.2, 0.25) is 0 Å². The molecule has 0 aromatic carbocycles. The van der Waals surface area contributed by atoms with Crippen molar-refractivity contribution in [1.29, 1.82) is 0 Å². The molecule has 2 atom stereocenters. The van der Waals surface area contributed by atoms with Gasteiger partial charge in [-0.05, 0) is 12.3 Å². The van der Waals surface area contributed by atoms with Gasteiger partial charge in [-0.3, -0.25) is 4.79 Å². The number of methoxy groups -OCH3 is 2. The van der Waals surface area contributed by atoms with Crippen LogP contribution in [0.15, 0.2) is 0 Å². The topological polar surface area (TPSA) is 35.5 Å². The summed E-state index contributed by atoms with van der Waals surface area (Å²) in [4.78, 5) is 11.6. The fourth-order valence-electron chi connectivity index (χ4n) is 1.34. The Morgan fingerprint density at radius 3 is 2.36 bits per heavy atom. The fourth-order valence-corrected chi connectivity index (χ4v) is 1.34. The van der Waals surface area contributed by atoms with E-state index in [4.69, 9.17) is 9.47 Å². The summed E-state index contributed by atoms with van der Waals surface area (Å²) >= 11 is 0. The summed E-state index contributed by atoms with van der Waals surface area (Å²) in [6, 6.07) is 0. The van der Waals surface area contributed by atoms with E-state index < -0.39 is 0 Å². The molecular weight excluding hydrogens is 180 g/mol. The number of Topliss-reactive ketones (excluding diaryl/α,β-unsaturated/α-hetero) is 1. The molecule has 0 aromatic heterocycles. The summed E-state index contributed by atoms with van der Waals surface area (Å²) in [5.41, 5.74) is 0. The molecule has 0 radical (unpaired) electrons. The summed E-state index contributed by atoms with van der Waals surface area (Å²) in [5.74, 6) is 0.735. The maximum absolute atomic E-state index is 11.6. The highest BCUT2D eigenvalue weighted by atomic mass is 16.5. The van der Waals surface area contributed by atoms with Crippen LogP contribution >= 0.6 is 0 Å². The van der Waals surface area contributed by atoms with Crippen LogP contribution in [0.3, 0.4) is 0 Å². The van der Waals surface area contributed by atoms with E-state index in [2.05, 4.69) is 0 Å². The van der Waals surface area contributed by atoms with E-state index in [1.165, 1.54) is 0 Å². The molecule has 0 amide bonds. The summed E-state index contributed by atoms with van der Waals surface area (Å²) in [5, 5.41) is 0. The van der Waals surface area contributed by atoms with Gasteiger partial charge < -0.3 is 9.47 Å². The van der Waals surface area contributed by atoms with Crippen LogP contribution in [0.1, 0.15) is 26.7 Å². The first-order valence-electron chi connectivity index (χ1n) is 5.12. The standard InChI is InChI=1S/C11H22O3/c1-9(8-14-4)7-11(12)10(2)5-6-13-3/h9-10H,5-8H2,1-4H3. The van der Waals surface area contributed by atoms with Crippen molar-refractivity contribution in [2.75, 3.05) is 27.4 Å². The SMILES string of the molecule is COCCC(C)C(=O)CC(C)COC. The second kappa shape index (κ2) is 7.94. The average Bonchev–Trinajstić information content (AvgIpc) is 2.14. The van der Waals surface area contributed by atoms with Crippen LogP contribution in [0, 0.1) is 11.8 Å². The van der Waals surface area contributed by atoms with Gasteiger partial charge in [0.15, 0.2) is 0 Å². The van der Waals surface area contributed by atoms with Crippen LogP contribution in [0.4, 0.5) is 0 Å². The third-order valence-electron chi connectivity index (χ3n) is 2.31. The molecule has 14 heavy (non-hydrogen) atoms. The largest absolute Gasteiger partial charge is 0.385 e. The number of rotatable bonds is 8. The summed E-state index contributed by atoms with van der Waals surface area (Å²) in [6.07, 6.45) is 1.42. The predicted molar refractivity (Wildman–Crippen MR) is 56.3 cm³/mol. The van der Waals surface area contributed by atoms with Gasteiger partial charge in [-0.15, -0.1) is 0 Å². The lowest BCUT2D eigenvalue weighted by Gasteiger charge is -2.13. The van der Waals surface area contributed by atoms with E-state index in [9.17, 15) is 4.79 Å². The van der Waals surface area contributed by atoms with Gasteiger partial charge in [0, 0.05) is 39.8 Å². The zero-order chi connectivity index (χ0) is 11.0. The van der Waals surface area contributed by atoms with Crippen LogP contribution in [-0.2, 0) is 14.3 Å². The minimum absolute atomic E-state index is 0.106. The van der Waals surface area contributed by atoms with Crippen molar-refractivity contribution >= 4 is 5.78 Å². The molecule has 0 N–H and O–H groups in total. The molecule has 0 spiro atoms. The molecule has 3 heteroatoms. The zero-order valence-corrected chi connectivity index (χ0v) is 9.71. The molecule has 0 saturated carbocycles. The first-order valence-corrected chi connectivity index (χ1v) is 5.12. The Balaban J connectivity index is 3.71. The molecule has 0 aliphatic carbocycles. The second-order valence-corrected chi connectivity index (χ2v) is 3.91. The Bertz CT molecular complexity index is 157. The number of hydrogen-bond acceptors (Lipinski definition) is 3. The number of hydrogen-bond donors (Lipinski definition) is 0. The van der Waals surface area contributed by atoms with Gasteiger partial charge in [0.25, 0.3) is 0 Å². The minimum Gasteiger partial charge on any atom is -0.385 e. The lowest BCUT2D eigenvalue weighted by molar-refractivity contribution is -0.124. The van der Waals surface area contributed by atoms with Crippen molar-refractivity contribution in [1.82, 2.24) is 0 Å². The Kier molecular flexibility index (Phi) is 7.71. The number of ketones is 1. The van der Waals surface area contributed by atoms with Crippen molar-refractivity contribution in [3.8, 4) is 0 Å². The average molecular weight is 202 g/mol. The molecule has 0 rings (SSSR count). The number of ether oxygens (including phenoxy) is 2. The molecule has 84 valence electrons. The van der Waals surface area contributed by atoms with Crippen LogP contribution < -0.4 is 0 Å². The molecule has 0 saturated heterocycles. The maximum atomic E-state index is 11.6. The Morgan fingerprint density at radius 2 is 1.86 bits per heavy atom. The highest BCUT2D eigenvalue weighted by Gasteiger charge is 2.15. The van der Waals surface area contributed by atoms with E-state index in [1.807, 2.05) is 13.8 Å². The highest BCUT2D eigenvalue weighted by Crippen LogP contribution is 2.11. The first-order chi connectivity index (χ1) is 6.61. The third kappa shape index (κ3) is 6.11. The van der Waals surface area contributed by atoms with Gasteiger partial charge in [0.05, 0.1) is 0 Å². The van der Waals surface area contributed by atoms with Crippen molar-refractivity contribution in [3.05, 3.63) is 0 Å². The minimum atomic E-state index is 0.106. The van der Waals surface area contributed by atoms with Gasteiger partial charge in [-0.2, -0.15) is 0 Å². The van der Waals surface area contributed by atoms with Crippen molar-refractivity contribution in [2.24, 2.45) is 11.8 Å². The molecule has 2 unspecified atom stereocenters. The molecule has 0 fully saturated rings. The van der Waals surface area contributed by atoms with E-state index in [0.29, 0.717) is 31.3 Å². The normalized spacial score (nSPS) is 15.1. The molecule has 0 bridgehead atoms. The summed E-state index contributed by atoms with van der Waals surface area (Å²) < 4.78 is 9.93. The van der Waals surface area contributed by atoms with E-state index >= 15 is 0 Å². The molecule has 0 aromatic rings. The number of carbonyl (C=O) groups excluding carboxylic acids is 1. The first kappa shape index (κ1) is 13.6. The Labute approximate surface area is 86.8 Å². The van der Waals surface area contributed by atoms with Gasteiger partial charge in [-0.1, -0.05) is 13.8 Å². The van der Waals surface area contributed by atoms with E-state index in [0.717, 1.165) is 6.42 Å². The lowest BCUT2D eigenvalue weighted by atomic mass is 9.95. The molecule has 0 heterocycles. The van der Waals surface area contributed by atoms with Crippen molar-refractivity contribution in [3.63, 3.8) is 0 Å². The van der Waals surface area contributed by atoms with Gasteiger partial charge in [0.1, 0.15) is 5.78 Å². The molecule has 0 aliphatic heterocycles. The quantitative estimate of drug-likeness (QED) is 0.603. The van der Waals surface area contributed by atoms with Crippen LogP contribution in [0.5, 0.6) is 0 Å². The second-order valence-electron chi connectivity index (χ2n) is 3.91. The lowest BCUT2D eigenvalue weighted by Crippen LogP contribution is -2.18. The smallest absolute Gasteiger partial charge is 0.136 e. The van der Waals surface area contributed by atoms with E-state index in [-0.39, 0.29) is 5.92 Å². The predicted octanol–water partition coefficient (Wildman–Crippen LogP) is 1.90. The van der Waals surface area contributed by atoms with Gasteiger partial charge in [-0.25, -0.2) is 0 Å². The van der Waals surface area contributed by atoms with Gasteiger partial charge in [0.2, 0.25) is 0 Å². The van der Waals surface area contributed by atoms with Gasteiger partial charge >= 0.3 is 0 Å². The number of carbonyl (C=O) groups is 1. The third-order valence-corrected chi connectivity index (χ3v) is 2.31.